The van der Waals surface area contributed by atoms with Gasteiger partial charge in [0.1, 0.15) is 0 Å². The van der Waals surface area contributed by atoms with Crippen molar-refractivity contribution in [2.75, 3.05) is 11.9 Å². The van der Waals surface area contributed by atoms with E-state index in [4.69, 9.17) is 0 Å². The van der Waals surface area contributed by atoms with Gasteiger partial charge in [-0.05, 0) is 30.5 Å². The largest absolute Gasteiger partial charge is 0.352 e. The fraction of sp³-hybridized carbons (Fsp3) is 0.467. The molecule has 0 aliphatic heterocycles. The number of rotatable bonds is 7. The molecule has 1 aliphatic carbocycles. The van der Waals surface area contributed by atoms with Crippen LogP contribution in [0.4, 0.5) is 5.69 Å². The average molecular weight is 275 g/mol. The molecule has 0 aromatic heterocycles. The van der Waals surface area contributed by atoms with Gasteiger partial charge in [-0.1, -0.05) is 12.1 Å². The zero-order chi connectivity index (χ0) is 14.4. The van der Waals surface area contributed by atoms with Crippen molar-refractivity contribution in [3.63, 3.8) is 0 Å². The number of anilines is 1. The fourth-order valence-electron chi connectivity index (χ4n) is 1.88. The Kier molecular flexibility index (Phi) is 5.12. The molecule has 0 atom stereocenters. The molecule has 1 aromatic carbocycles. The number of benzene rings is 1. The van der Waals surface area contributed by atoms with Crippen LogP contribution in [0.3, 0.4) is 0 Å². The number of amides is 2. The minimum Gasteiger partial charge on any atom is -0.352 e. The van der Waals surface area contributed by atoms with Crippen LogP contribution in [0, 0.1) is 0 Å². The number of hydrogen-bond acceptors (Lipinski definition) is 3. The Morgan fingerprint density at radius 3 is 2.50 bits per heavy atom. The molecular weight excluding hydrogens is 254 g/mol. The van der Waals surface area contributed by atoms with E-state index in [1.54, 1.807) is 0 Å². The molecule has 0 bridgehead atoms. The summed E-state index contributed by atoms with van der Waals surface area (Å²) in [5.74, 6) is -0.0293. The highest BCUT2D eigenvalue weighted by Gasteiger charge is 2.19. The van der Waals surface area contributed by atoms with Crippen molar-refractivity contribution in [1.82, 2.24) is 10.6 Å². The zero-order valence-electron chi connectivity index (χ0n) is 11.7. The Morgan fingerprint density at radius 2 is 1.90 bits per heavy atom. The van der Waals surface area contributed by atoms with Crippen molar-refractivity contribution in [2.24, 2.45) is 0 Å². The third-order valence-corrected chi connectivity index (χ3v) is 3.13. The maximum Gasteiger partial charge on any atom is 0.221 e. The van der Waals surface area contributed by atoms with Gasteiger partial charge in [-0.2, -0.15) is 0 Å². The van der Waals surface area contributed by atoms with Crippen molar-refractivity contribution in [2.45, 2.75) is 38.8 Å². The SMILES string of the molecule is CC(=O)Nc1ccc(CNC(=O)CCNC2CC2)cc1. The lowest BCUT2D eigenvalue weighted by molar-refractivity contribution is -0.121. The quantitative estimate of drug-likeness (QED) is 0.704. The molecule has 3 N–H and O–H groups in total. The molecule has 108 valence electrons. The van der Waals surface area contributed by atoms with Gasteiger partial charge >= 0.3 is 0 Å². The summed E-state index contributed by atoms with van der Waals surface area (Å²) in [6.45, 7) is 2.74. The summed E-state index contributed by atoms with van der Waals surface area (Å²) >= 11 is 0. The molecular formula is C15H21N3O2. The molecule has 0 heterocycles. The molecule has 1 saturated carbocycles. The van der Waals surface area contributed by atoms with Gasteiger partial charge in [0.2, 0.25) is 11.8 Å². The van der Waals surface area contributed by atoms with Crippen molar-refractivity contribution >= 4 is 17.5 Å². The van der Waals surface area contributed by atoms with E-state index in [9.17, 15) is 9.59 Å². The molecule has 0 saturated heterocycles. The van der Waals surface area contributed by atoms with Crippen LogP contribution in [0.25, 0.3) is 0 Å². The first kappa shape index (κ1) is 14.5. The molecule has 1 aliphatic rings. The molecule has 0 radical (unpaired) electrons. The Bertz CT molecular complexity index is 467. The van der Waals surface area contributed by atoms with Crippen molar-refractivity contribution in [1.29, 1.82) is 0 Å². The summed E-state index contributed by atoms with van der Waals surface area (Å²) in [6, 6.07) is 8.10. The first-order valence-corrected chi connectivity index (χ1v) is 7.00. The van der Waals surface area contributed by atoms with Crippen LogP contribution in [0.15, 0.2) is 24.3 Å². The first-order chi connectivity index (χ1) is 9.63. The van der Waals surface area contributed by atoms with Crippen molar-refractivity contribution in [3.8, 4) is 0 Å². The van der Waals surface area contributed by atoms with E-state index < -0.39 is 0 Å². The highest BCUT2D eigenvalue weighted by atomic mass is 16.2. The summed E-state index contributed by atoms with van der Waals surface area (Å²) in [5, 5.41) is 8.90. The van der Waals surface area contributed by atoms with Crippen LogP contribution in [0.1, 0.15) is 31.7 Å². The number of hydrogen-bond donors (Lipinski definition) is 3. The molecule has 1 fully saturated rings. The maximum absolute atomic E-state index is 11.6. The second kappa shape index (κ2) is 7.05. The van der Waals surface area contributed by atoms with E-state index in [2.05, 4.69) is 16.0 Å². The lowest BCUT2D eigenvalue weighted by Gasteiger charge is -2.07. The third kappa shape index (κ3) is 5.40. The average Bonchev–Trinajstić information content (AvgIpc) is 3.21. The van der Waals surface area contributed by atoms with E-state index in [0.29, 0.717) is 19.0 Å². The summed E-state index contributed by atoms with van der Waals surface area (Å²) in [6.07, 6.45) is 2.99. The minimum atomic E-state index is -0.0887. The van der Waals surface area contributed by atoms with Gasteiger partial charge in [0.15, 0.2) is 0 Å². The lowest BCUT2D eigenvalue weighted by Crippen LogP contribution is -2.28. The van der Waals surface area contributed by atoms with E-state index in [0.717, 1.165) is 17.8 Å². The normalized spacial score (nSPS) is 13.8. The topological polar surface area (TPSA) is 70.2 Å². The van der Waals surface area contributed by atoms with E-state index in [-0.39, 0.29) is 11.8 Å². The zero-order valence-corrected chi connectivity index (χ0v) is 11.7. The second-order valence-electron chi connectivity index (χ2n) is 5.13. The first-order valence-electron chi connectivity index (χ1n) is 7.00. The second-order valence-corrected chi connectivity index (χ2v) is 5.13. The Morgan fingerprint density at radius 1 is 1.20 bits per heavy atom. The predicted molar refractivity (Wildman–Crippen MR) is 78.2 cm³/mol. The summed E-state index contributed by atoms with van der Waals surface area (Å²) in [4.78, 5) is 22.5. The fourth-order valence-corrected chi connectivity index (χ4v) is 1.88. The lowest BCUT2D eigenvalue weighted by atomic mass is 10.2. The standard InChI is InChI=1S/C15H21N3O2/c1-11(19)18-14-4-2-12(3-5-14)10-17-15(20)8-9-16-13-6-7-13/h2-5,13,16H,6-10H2,1H3,(H,17,20)(H,18,19). The van der Waals surface area contributed by atoms with Gasteiger partial charge in [0.25, 0.3) is 0 Å². The number of nitrogens with one attached hydrogen (secondary N) is 3. The maximum atomic E-state index is 11.6. The molecule has 1 aromatic rings. The molecule has 5 heteroatoms. The van der Waals surface area contributed by atoms with E-state index in [1.807, 2.05) is 24.3 Å². The number of carbonyl (C=O) groups is 2. The van der Waals surface area contributed by atoms with Crippen LogP contribution >= 0.6 is 0 Å². The van der Waals surface area contributed by atoms with E-state index >= 15 is 0 Å². The summed E-state index contributed by atoms with van der Waals surface area (Å²) in [7, 11) is 0. The Hall–Kier alpha value is -1.88. The molecule has 0 spiro atoms. The van der Waals surface area contributed by atoms with Crippen LogP contribution in [-0.4, -0.2) is 24.4 Å². The van der Waals surface area contributed by atoms with E-state index in [1.165, 1.54) is 19.8 Å². The van der Waals surface area contributed by atoms with Gasteiger partial charge in [-0.25, -0.2) is 0 Å². The highest BCUT2D eigenvalue weighted by Crippen LogP contribution is 2.18. The van der Waals surface area contributed by atoms with Gasteiger partial charge in [0.05, 0.1) is 0 Å². The van der Waals surface area contributed by atoms with Crippen LogP contribution in [0.5, 0.6) is 0 Å². The predicted octanol–water partition coefficient (Wildman–Crippen LogP) is 1.40. The third-order valence-electron chi connectivity index (χ3n) is 3.13. The summed E-state index contributed by atoms with van der Waals surface area (Å²) in [5.41, 5.74) is 1.78. The Balaban J connectivity index is 1.66. The molecule has 0 unspecified atom stereocenters. The monoisotopic (exact) mass is 275 g/mol. The Labute approximate surface area is 119 Å². The summed E-state index contributed by atoms with van der Waals surface area (Å²) < 4.78 is 0. The molecule has 20 heavy (non-hydrogen) atoms. The van der Waals surface area contributed by atoms with Gasteiger partial charge in [-0.3, -0.25) is 9.59 Å². The molecule has 5 nitrogen and oxygen atoms in total. The molecule has 2 amide bonds. The van der Waals surface area contributed by atoms with Crippen LogP contribution < -0.4 is 16.0 Å². The number of carbonyl (C=O) groups excluding carboxylic acids is 2. The van der Waals surface area contributed by atoms with Crippen molar-refractivity contribution in [3.05, 3.63) is 29.8 Å². The van der Waals surface area contributed by atoms with Gasteiger partial charge < -0.3 is 16.0 Å². The molecule has 2 rings (SSSR count). The van der Waals surface area contributed by atoms with Crippen LogP contribution in [-0.2, 0) is 16.1 Å². The van der Waals surface area contributed by atoms with Crippen LogP contribution in [0.2, 0.25) is 0 Å². The van der Waals surface area contributed by atoms with Gasteiger partial charge in [0, 0.05) is 38.2 Å². The van der Waals surface area contributed by atoms with Gasteiger partial charge in [-0.15, -0.1) is 0 Å². The highest BCUT2D eigenvalue weighted by molar-refractivity contribution is 5.88. The minimum absolute atomic E-state index is 0.0593. The van der Waals surface area contributed by atoms with Crippen molar-refractivity contribution < 1.29 is 9.59 Å². The smallest absolute Gasteiger partial charge is 0.221 e.